The van der Waals surface area contributed by atoms with Crippen LogP contribution in [0, 0.1) is 0 Å². The zero-order chi connectivity index (χ0) is 30.1. The fraction of sp³-hybridized carbons (Fsp3) is 0.571. The van der Waals surface area contributed by atoms with E-state index in [2.05, 4.69) is 84.4 Å². The number of hydrogen-bond acceptors (Lipinski definition) is 5. The van der Waals surface area contributed by atoms with Crippen LogP contribution < -0.4 is 9.47 Å². The van der Waals surface area contributed by atoms with Crippen molar-refractivity contribution < 1.29 is 22.2 Å². The van der Waals surface area contributed by atoms with Gasteiger partial charge in [0.05, 0.1) is 6.33 Å². The van der Waals surface area contributed by atoms with E-state index >= 15 is 0 Å². The van der Waals surface area contributed by atoms with Crippen LogP contribution in [0.5, 0.6) is 11.5 Å². The molecule has 240 valence electrons. The van der Waals surface area contributed by atoms with Crippen molar-refractivity contribution in [3.05, 3.63) is 70.7 Å². The number of fused-ring (bicyclic) bond motifs is 2. The molecule has 4 aliphatic heterocycles. The Bertz CT molecular complexity index is 1410. The van der Waals surface area contributed by atoms with Gasteiger partial charge in [0, 0.05) is 105 Å². The molecule has 9 heteroatoms. The Kier molecular flexibility index (Phi) is 9.71. The van der Waals surface area contributed by atoms with Crippen molar-refractivity contribution in [1.82, 2.24) is 19.4 Å². The quantitative estimate of drug-likeness (QED) is 0.199. The molecule has 0 N–H and O–H groups in total. The van der Waals surface area contributed by atoms with Crippen molar-refractivity contribution in [3.8, 4) is 17.2 Å². The molecule has 0 radical (unpaired) electrons. The Balaban J connectivity index is 0.000000137. The first-order valence-corrected chi connectivity index (χ1v) is 20.3. The van der Waals surface area contributed by atoms with E-state index < -0.39 is 0 Å². The summed E-state index contributed by atoms with van der Waals surface area (Å²) in [6, 6.07) is 14.7. The van der Waals surface area contributed by atoms with Gasteiger partial charge < -0.3 is 23.8 Å². The van der Waals surface area contributed by atoms with Crippen LogP contribution in [0.15, 0.2) is 59.6 Å². The third-order valence-corrected chi connectivity index (χ3v) is 11.6. The van der Waals surface area contributed by atoms with Crippen molar-refractivity contribution in [1.29, 1.82) is 0 Å². The Hall–Kier alpha value is -1.10. The summed E-state index contributed by atoms with van der Waals surface area (Å²) < 4.78 is 16.0. The molecule has 1 aromatic heterocycles. The third-order valence-electron chi connectivity index (χ3n) is 11.1. The smallest absolute Gasteiger partial charge is 0.123 e. The van der Waals surface area contributed by atoms with Crippen molar-refractivity contribution >= 4 is 36.3 Å². The summed E-state index contributed by atoms with van der Waals surface area (Å²) in [5.41, 5.74) is 4.06. The maximum Gasteiger partial charge on any atom is 0.123 e. The summed E-state index contributed by atoms with van der Waals surface area (Å²) >= 11 is 9.43. The molecule has 0 amide bonds. The first kappa shape index (κ1) is 31.5. The van der Waals surface area contributed by atoms with Gasteiger partial charge in [0.15, 0.2) is 0 Å². The molecule has 6 nitrogen and oxygen atoms in total. The summed E-state index contributed by atoms with van der Waals surface area (Å²) in [6.45, 7) is 4.85. The summed E-state index contributed by atoms with van der Waals surface area (Å²) in [5.74, 6) is 2.20. The van der Waals surface area contributed by atoms with Crippen molar-refractivity contribution in [3.63, 3.8) is 0 Å². The van der Waals surface area contributed by atoms with Gasteiger partial charge in [0.2, 0.25) is 0 Å². The second-order valence-corrected chi connectivity index (χ2v) is 14.6. The number of ether oxygens (including phenoxy) is 2. The summed E-state index contributed by atoms with van der Waals surface area (Å²) in [4.78, 5) is 9.52. The Labute approximate surface area is 290 Å². The van der Waals surface area contributed by atoms with Gasteiger partial charge in [-0.25, -0.2) is 4.98 Å². The first-order valence-electron chi connectivity index (χ1n) is 16.4. The van der Waals surface area contributed by atoms with E-state index in [4.69, 9.17) is 9.47 Å². The van der Waals surface area contributed by atoms with Crippen LogP contribution in [-0.4, -0.2) is 68.8 Å². The minimum Gasteiger partial charge on any atom is -0.487 e. The number of benzene rings is 2. The van der Waals surface area contributed by atoms with E-state index in [9.17, 15) is 0 Å². The molecule has 0 unspecified atom stereocenters. The van der Waals surface area contributed by atoms with Crippen LogP contribution in [0.1, 0.15) is 75.3 Å². The molecule has 2 aromatic carbocycles. The van der Waals surface area contributed by atoms with Crippen molar-refractivity contribution in [2.45, 2.75) is 100 Å². The number of rotatable bonds is 3. The standard InChI is InChI=1S/C19H23N3O.C16H20BrNO.Cu.HI/c1-2-16(3-1)21-9-6-19(7-10-21)13-15-12-17(4-5-18(15)23-19)22-11-8-20-14-22;17-13-4-5-15-12(10-13)11-16(19-15)6-8-18(9-7-16)14-2-1-3-14;;/h4-5,8,11-12,14,16H,1-3,6-7,9-10,13H2;4-5,10,14H,1-3,6-9,11H2;;1H/q;;+1;/p-1. The van der Waals surface area contributed by atoms with Gasteiger partial charge >= 0.3 is 33.1 Å². The van der Waals surface area contributed by atoms with E-state index in [0.717, 1.165) is 36.4 Å². The molecule has 4 fully saturated rings. The molecule has 9 rings (SSSR count). The molecule has 0 bridgehead atoms. The van der Waals surface area contributed by atoms with Crippen LogP contribution in [-0.2, 0) is 25.6 Å². The van der Waals surface area contributed by atoms with Crippen LogP contribution in [0.4, 0.5) is 0 Å². The fourth-order valence-corrected chi connectivity index (χ4v) is 8.46. The molecule has 0 atom stereocenters. The largest absolute Gasteiger partial charge is 0.487 e. The fourth-order valence-electron chi connectivity index (χ4n) is 8.05. The van der Waals surface area contributed by atoms with Gasteiger partial charge in [-0.05, 0) is 67.6 Å². The molecular weight excluding hydrogens is 779 g/mol. The number of piperidine rings is 2. The summed E-state index contributed by atoms with van der Waals surface area (Å²) in [6.07, 6.45) is 21.0. The Morgan fingerprint density at radius 1 is 0.750 bits per heavy atom. The minimum atomic E-state index is 0.0517. The Morgan fingerprint density at radius 2 is 1.27 bits per heavy atom. The molecule has 5 heterocycles. The maximum absolute atomic E-state index is 6.44. The van der Waals surface area contributed by atoms with E-state index in [1.54, 1.807) is 20.3 Å². The average molecular weight is 822 g/mol. The third kappa shape index (κ3) is 6.52. The molecule has 44 heavy (non-hydrogen) atoms. The predicted molar refractivity (Wildman–Crippen MR) is 183 cm³/mol. The van der Waals surface area contributed by atoms with Gasteiger partial charge in [-0.15, -0.1) is 0 Å². The van der Waals surface area contributed by atoms with Crippen molar-refractivity contribution in [2.75, 3.05) is 26.2 Å². The topological polar surface area (TPSA) is 42.8 Å². The molecule has 3 aromatic rings. The van der Waals surface area contributed by atoms with Crippen LogP contribution >= 0.6 is 36.3 Å². The molecule has 2 aliphatic carbocycles. The van der Waals surface area contributed by atoms with Gasteiger partial charge in [-0.3, -0.25) is 0 Å². The molecular formula is C35H43BrCuIN4O2. The summed E-state index contributed by atoms with van der Waals surface area (Å²) in [5, 5.41) is 0. The van der Waals surface area contributed by atoms with E-state index in [0.29, 0.717) is 0 Å². The van der Waals surface area contributed by atoms with Gasteiger partial charge in [-0.2, -0.15) is 0 Å². The van der Waals surface area contributed by atoms with Gasteiger partial charge in [-0.1, -0.05) is 28.8 Å². The van der Waals surface area contributed by atoms with E-state index in [-0.39, 0.29) is 11.2 Å². The average Bonchev–Trinajstić information content (AvgIpc) is 3.72. The second-order valence-electron chi connectivity index (χ2n) is 13.7. The Morgan fingerprint density at radius 3 is 1.75 bits per heavy atom. The zero-order valence-electron chi connectivity index (χ0n) is 25.3. The molecule has 6 aliphatic rings. The minimum absolute atomic E-state index is 0.0517. The van der Waals surface area contributed by atoms with E-state index in [1.165, 1.54) is 112 Å². The van der Waals surface area contributed by atoms with E-state index in [1.807, 2.05) is 18.7 Å². The SMILES string of the molecule is Brc1ccc2c(c1)CC1(CCN(C3CCC3)CC1)O2.[Cu][I].c1cn(-c2ccc3c(c2)CC2(CCN(C4CCC4)CC2)O3)cn1. The zero-order valence-corrected chi connectivity index (χ0v) is 30.0. The number of hydrogen-bond donors (Lipinski definition) is 0. The van der Waals surface area contributed by atoms with Crippen molar-refractivity contribution in [2.24, 2.45) is 0 Å². The monoisotopic (exact) mass is 820 g/mol. The molecule has 2 saturated carbocycles. The maximum atomic E-state index is 6.44. The number of halogens is 2. The summed E-state index contributed by atoms with van der Waals surface area (Å²) in [7, 11) is 0. The van der Waals surface area contributed by atoms with Crippen LogP contribution in [0.3, 0.4) is 0 Å². The number of nitrogens with zero attached hydrogens (tertiary/aromatic N) is 4. The number of imidazole rings is 1. The first-order chi connectivity index (χ1) is 21.6. The number of likely N-dealkylation sites (tertiary alicyclic amines) is 2. The second kappa shape index (κ2) is 13.6. The van der Waals surface area contributed by atoms with Gasteiger partial charge in [0.25, 0.3) is 0 Å². The predicted octanol–water partition coefficient (Wildman–Crippen LogP) is 7.85. The van der Waals surface area contributed by atoms with Crippen LogP contribution in [0.2, 0.25) is 0 Å². The normalized spacial score (nSPS) is 23.6. The molecule has 2 spiro atoms. The van der Waals surface area contributed by atoms with Crippen LogP contribution in [0.25, 0.3) is 5.69 Å². The van der Waals surface area contributed by atoms with Gasteiger partial charge in [0.1, 0.15) is 22.7 Å². The number of aromatic nitrogens is 2. The molecule has 2 saturated heterocycles.